The van der Waals surface area contributed by atoms with E-state index in [0.29, 0.717) is 30.6 Å². The van der Waals surface area contributed by atoms with Crippen LogP contribution >= 0.6 is 0 Å². The molecular formula is C16H20N2O4. The predicted octanol–water partition coefficient (Wildman–Crippen LogP) is 2.39. The van der Waals surface area contributed by atoms with Gasteiger partial charge in [0.15, 0.2) is 0 Å². The summed E-state index contributed by atoms with van der Waals surface area (Å²) in [5.41, 5.74) is 2.13. The van der Waals surface area contributed by atoms with Crippen LogP contribution in [0, 0.1) is 18.8 Å². The van der Waals surface area contributed by atoms with E-state index in [1.54, 1.807) is 12.1 Å². The van der Waals surface area contributed by atoms with Crippen LogP contribution in [0.3, 0.4) is 0 Å². The highest BCUT2D eigenvalue weighted by atomic mass is 16.4. The lowest BCUT2D eigenvalue weighted by molar-refractivity contribution is -0.141. The highest BCUT2D eigenvalue weighted by Gasteiger charge is 2.33. The number of carbonyl (C=O) groups is 3. The molecule has 0 saturated heterocycles. The summed E-state index contributed by atoms with van der Waals surface area (Å²) in [6, 6.07) is 5.29. The molecular weight excluding hydrogens is 284 g/mol. The van der Waals surface area contributed by atoms with E-state index in [0.717, 1.165) is 5.56 Å². The molecule has 3 N–H and O–H groups in total. The van der Waals surface area contributed by atoms with Gasteiger partial charge in [0.25, 0.3) is 0 Å². The Kier molecular flexibility index (Phi) is 4.80. The van der Waals surface area contributed by atoms with Crippen molar-refractivity contribution in [2.24, 2.45) is 11.8 Å². The number of aryl methyl sites for hydroxylation is 1. The van der Waals surface area contributed by atoms with Crippen LogP contribution < -0.4 is 10.6 Å². The molecule has 2 amide bonds. The molecule has 2 rings (SSSR count). The molecule has 6 heteroatoms. The number of anilines is 2. The first kappa shape index (κ1) is 16.0. The fraction of sp³-hybridized carbons (Fsp3) is 0.438. The number of carboxylic acids is 1. The summed E-state index contributed by atoms with van der Waals surface area (Å²) >= 11 is 0. The average molecular weight is 304 g/mol. The summed E-state index contributed by atoms with van der Waals surface area (Å²) in [5.74, 6) is -1.88. The zero-order valence-corrected chi connectivity index (χ0v) is 12.7. The summed E-state index contributed by atoms with van der Waals surface area (Å²) < 4.78 is 0. The van der Waals surface area contributed by atoms with Gasteiger partial charge in [0, 0.05) is 24.2 Å². The summed E-state index contributed by atoms with van der Waals surface area (Å²) in [6.07, 6.45) is 1.51. The minimum absolute atomic E-state index is 0.160. The molecule has 1 aromatic rings. The number of carbonyl (C=O) groups excluding carboxylic acids is 2. The van der Waals surface area contributed by atoms with Gasteiger partial charge in [-0.05, 0) is 43.9 Å². The summed E-state index contributed by atoms with van der Waals surface area (Å²) in [5, 5.41) is 14.5. The maximum Gasteiger partial charge on any atom is 0.306 e. The smallest absolute Gasteiger partial charge is 0.306 e. The molecule has 0 aliphatic heterocycles. The molecule has 0 radical (unpaired) electrons. The molecule has 1 saturated carbocycles. The molecule has 0 unspecified atom stereocenters. The third-order valence-electron chi connectivity index (χ3n) is 3.97. The highest BCUT2D eigenvalue weighted by Crippen LogP contribution is 2.32. The van der Waals surface area contributed by atoms with Crippen LogP contribution in [0.4, 0.5) is 11.4 Å². The number of hydrogen-bond donors (Lipinski definition) is 3. The topological polar surface area (TPSA) is 95.5 Å². The first-order valence-corrected chi connectivity index (χ1v) is 7.28. The van der Waals surface area contributed by atoms with E-state index >= 15 is 0 Å². The van der Waals surface area contributed by atoms with Crippen molar-refractivity contribution >= 4 is 29.2 Å². The van der Waals surface area contributed by atoms with Crippen molar-refractivity contribution in [3.8, 4) is 0 Å². The van der Waals surface area contributed by atoms with Gasteiger partial charge in [0.2, 0.25) is 11.8 Å². The minimum Gasteiger partial charge on any atom is -0.481 e. The molecule has 0 spiro atoms. The van der Waals surface area contributed by atoms with Crippen molar-refractivity contribution in [2.75, 3.05) is 10.6 Å². The van der Waals surface area contributed by atoms with Crippen LogP contribution in [0.25, 0.3) is 0 Å². The number of aliphatic carboxylic acids is 1. The van der Waals surface area contributed by atoms with Crippen LogP contribution in [-0.4, -0.2) is 22.9 Å². The zero-order chi connectivity index (χ0) is 16.3. The van der Waals surface area contributed by atoms with Crippen molar-refractivity contribution in [1.82, 2.24) is 0 Å². The molecule has 118 valence electrons. The van der Waals surface area contributed by atoms with E-state index in [-0.39, 0.29) is 17.7 Å². The van der Waals surface area contributed by atoms with E-state index in [2.05, 4.69) is 10.6 Å². The van der Waals surface area contributed by atoms with Gasteiger partial charge in [-0.2, -0.15) is 0 Å². The maximum absolute atomic E-state index is 12.3. The molecule has 0 bridgehead atoms. The Balaban J connectivity index is 2.05. The lowest BCUT2D eigenvalue weighted by Crippen LogP contribution is -2.22. The number of nitrogens with one attached hydrogen (secondary N) is 2. The SMILES string of the molecule is CC(=O)Nc1ccc(C)c(NC(=O)[C@@H]2CC[C@H](C(=O)O)C2)c1. The number of amides is 2. The fourth-order valence-corrected chi connectivity index (χ4v) is 2.72. The van der Waals surface area contributed by atoms with Gasteiger partial charge < -0.3 is 15.7 Å². The Morgan fingerprint density at radius 2 is 1.82 bits per heavy atom. The lowest BCUT2D eigenvalue weighted by Gasteiger charge is -2.14. The van der Waals surface area contributed by atoms with Gasteiger partial charge in [0.05, 0.1) is 5.92 Å². The number of benzene rings is 1. The Labute approximate surface area is 128 Å². The van der Waals surface area contributed by atoms with Crippen molar-refractivity contribution < 1.29 is 19.5 Å². The first-order chi connectivity index (χ1) is 10.4. The summed E-state index contributed by atoms with van der Waals surface area (Å²) in [4.78, 5) is 34.3. The standard InChI is InChI=1S/C16H20N2O4/c1-9-3-6-13(17-10(2)19)8-14(9)18-15(20)11-4-5-12(7-11)16(21)22/h3,6,8,11-12H,4-5,7H2,1-2H3,(H,17,19)(H,18,20)(H,21,22)/t11-,12+/m1/s1. The molecule has 0 aromatic heterocycles. The number of carboxylic acid groups (broad SMARTS) is 1. The monoisotopic (exact) mass is 304 g/mol. The van der Waals surface area contributed by atoms with E-state index in [1.807, 2.05) is 13.0 Å². The second-order valence-electron chi connectivity index (χ2n) is 5.75. The van der Waals surface area contributed by atoms with Crippen molar-refractivity contribution in [2.45, 2.75) is 33.1 Å². The van der Waals surface area contributed by atoms with Gasteiger partial charge in [0.1, 0.15) is 0 Å². The van der Waals surface area contributed by atoms with Crippen LogP contribution in [0.15, 0.2) is 18.2 Å². The largest absolute Gasteiger partial charge is 0.481 e. The predicted molar refractivity (Wildman–Crippen MR) is 82.6 cm³/mol. The third kappa shape index (κ3) is 3.84. The zero-order valence-electron chi connectivity index (χ0n) is 12.7. The molecule has 1 fully saturated rings. The normalized spacial score (nSPS) is 20.5. The summed E-state index contributed by atoms with van der Waals surface area (Å²) in [6.45, 7) is 3.28. The summed E-state index contributed by atoms with van der Waals surface area (Å²) in [7, 11) is 0. The molecule has 1 aromatic carbocycles. The maximum atomic E-state index is 12.3. The minimum atomic E-state index is -0.834. The molecule has 1 aliphatic rings. The van der Waals surface area contributed by atoms with Gasteiger partial charge in [-0.25, -0.2) is 0 Å². The van der Waals surface area contributed by atoms with E-state index in [1.165, 1.54) is 6.92 Å². The average Bonchev–Trinajstić information content (AvgIpc) is 2.92. The van der Waals surface area contributed by atoms with E-state index in [4.69, 9.17) is 5.11 Å². The lowest BCUT2D eigenvalue weighted by atomic mass is 10.0. The number of hydrogen-bond acceptors (Lipinski definition) is 3. The van der Waals surface area contributed by atoms with Crippen molar-refractivity contribution in [3.63, 3.8) is 0 Å². The van der Waals surface area contributed by atoms with Crippen LogP contribution in [0.5, 0.6) is 0 Å². The molecule has 0 heterocycles. The Hall–Kier alpha value is -2.37. The van der Waals surface area contributed by atoms with Crippen LogP contribution in [0.2, 0.25) is 0 Å². The van der Waals surface area contributed by atoms with Crippen molar-refractivity contribution in [3.05, 3.63) is 23.8 Å². The van der Waals surface area contributed by atoms with Crippen LogP contribution in [0.1, 0.15) is 31.7 Å². The van der Waals surface area contributed by atoms with Gasteiger partial charge in [-0.15, -0.1) is 0 Å². The molecule has 22 heavy (non-hydrogen) atoms. The van der Waals surface area contributed by atoms with Gasteiger partial charge >= 0.3 is 5.97 Å². The Morgan fingerprint density at radius 3 is 2.41 bits per heavy atom. The Bertz CT molecular complexity index is 612. The molecule has 6 nitrogen and oxygen atoms in total. The second kappa shape index (κ2) is 6.60. The second-order valence-corrected chi connectivity index (χ2v) is 5.75. The Morgan fingerprint density at radius 1 is 1.14 bits per heavy atom. The quantitative estimate of drug-likeness (QED) is 0.796. The first-order valence-electron chi connectivity index (χ1n) is 7.28. The fourth-order valence-electron chi connectivity index (χ4n) is 2.72. The highest BCUT2D eigenvalue weighted by molar-refractivity contribution is 5.95. The molecule has 1 aliphatic carbocycles. The van der Waals surface area contributed by atoms with E-state index in [9.17, 15) is 14.4 Å². The van der Waals surface area contributed by atoms with Gasteiger partial charge in [-0.1, -0.05) is 6.07 Å². The van der Waals surface area contributed by atoms with Gasteiger partial charge in [-0.3, -0.25) is 14.4 Å². The third-order valence-corrected chi connectivity index (χ3v) is 3.97. The van der Waals surface area contributed by atoms with Crippen molar-refractivity contribution in [1.29, 1.82) is 0 Å². The van der Waals surface area contributed by atoms with E-state index < -0.39 is 11.9 Å². The molecule has 2 atom stereocenters. The van der Waals surface area contributed by atoms with Crippen LogP contribution in [-0.2, 0) is 14.4 Å². The number of rotatable bonds is 4.